The minimum Gasteiger partial charge on any atom is -0.342 e. The van der Waals surface area contributed by atoms with Gasteiger partial charge in [0.2, 0.25) is 11.8 Å². The molecule has 3 fully saturated rings. The number of amides is 1. The monoisotopic (exact) mass is 286 g/mol. The number of carbonyl (C=O) groups is 1. The van der Waals surface area contributed by atoms with E-state index in [1.165, 1.54) is 12.8 Å². The van der Waals surface area contributed by atoms with Gasteiger partial charge in [0, 0.05) is 43.9 Å². The molecule has 3 aliphatic rings. The van der Waals surface area contributed by atoms with Crippen molar-refractivity contribution in [1.29, 1.82) is 0 Å². The highest BCUT2D eigenvalue weighted by Gasteiger charge is 2.41. The van der Waals surface area contributed by atoms with Crippen LogP contribution in [0.1, 0.15) is 51.4 Å². The van der Waals surface area contributed by atoms with E-state index in [9.17, 15) is 13.6 Å². The molecule has 2 aliphatic heterocycles. The molecule has 0 radical (unpaired) electrons. The molecule has 1 saturated carbocycles. The normalized spacial score (nSPS) is 36.9. The van der Waals surface area contributed by atoms with Crippen LogP contribution >= 0.6 is 0 Å². The predicted molar refractivity (Wildman–Crippen MR) is 72.6 cm³/mol. The van der Waals surface area contributed by atoms with Crippen molar-refractivity contribution in [1.82, 2.24) is 10.2 Å². The first-order valence-corrected chi connectivity index (χ1v) is 7.85. The number of rotatable bonds is 2. The Morgan fingerprint density at radius 2 is 1.65 bits per heavy atom. The number of alkyl halides is 2. The first kappa shape index (κ1) is 14.2. The molecule has 2 unspecified atom stereocenters. The van der Waals surface area contributed by atoms with Gasteiger partial charge in [0.25, 0.3) is 0 Å². The summed E-state index contributed by atoms with van der Waals surface area (Å²) in [5, 5.41) is 3.57. The van der Waals surface area contributed by atoms with Gasteiger partial charge in [0.15, 0.2) is 0 Å². The lowest BCUT2D eigenvalue weighted by Crippen LogP contribution is -2.50. The number of hydrogen-bond acceptors (Lipinski definition) is 2. The number of fused-ring (bicyclic) bond motifs is 2. The number of nitrogens with zero attached hydrogens (tertiary/aromatic N) is 1. The number of piperidine rings is 1. The maximum Gasteiger partial charge on any atom is 0.248 e. The molecule has 0 aromatic rings. The summed E-state index contributed by atoms with van der Waals surface area (Å²) in [6.07, 6.45) is 4.87. The molecule has 2 saturated heterocycles. The predicted octanol–water partition coefficient (Wildman–Crippen LogP) is 2.55. The molecule has 2 atom stereocenters. The van der Waals surface area contributed by atoms with Crippen LogP contribution in [0.25, 0.3) is 0 Å². The summed E-state index contributed by atoms with van der Waals surface area (Å²) in [5.74, 6) is -2.65. The fourth-order valence-electron chi connectivity index (χ4n) is 4.10. The standard InChI is InChI=1S/C15H24F2N2O/c1-19(13-8-11-2-3-12(9-13)18-11)14(20)10-4-6-15(16,17)7-5-10/h10-13,18H,2-9H2,1H3. The molecule has 0 aromatic carbocycles. The lowest BCUT2D eigenvalue weighted by Gasteiger charge is -2.38. The van der Waals surface area contributed by atoms with Crippen molar-refractivity contribution in [3.8, 4) is 0 Å². The molecule has 3 rings (SSSR count). The number of nitrogens with one attached hydrogen (secondary N) is 1. The molecule has 114 valence electrons. The van der Waals surface area contributed by atoms with Gasteiger partial charge in [-0.2, -0.15) is 0 Å². The van der Waals surface area contributed by atoms with Gasteiger partial charge >= 0.3 is 0 Å². The summed E-state index contributed by atoms with van der Waals surface area (Å²) in [5.41, 5.74) is 0. The Hall–Kier alpha value is -0.710. The van der Waals surface area contributed by atoms with E-state index in [4.69, 9.17) is 0 Å². The van der Waals surface area contributed by atoms with Crippen molar-refractivity contribution >= 4 is 5.91 Å². The Bertz CT molecular complexity index is 366. The number of carbonyl (C=O) groups excluding carboxylic acids is 1. The topological polar surface area (TPSA) is 32.3 Å². The summed E-state index contributed by atoms with van der Waals surface area (Å²) < 4.78 is 26.3. The highest BCUT2D eigenvalue weighted by molar-refractivity contribution is 5.79. The van der Waals surface area contributed by atoms with Crippen LogP contribution in [-0.4, -0.2) is 41.9 Å². The minimum atomic E-state index is -2.55. The van der Waals surface area contributed by atoms with Crippen LogP contribution < -0.4 is 5.32 Å². The van der Waals surface area contributed by atoms with E-state index in [1.54, 1.807) is 0 Å². The maximum absolute atomic E-state index is 13.2. The first-order valence-electron chi connectivity index (χ1n) is 7.85. The van der Waals surface area contributed by atoms with Gasteiger partial charge in [-0.1, -0.05) is 0 Å². The minimum absolute atomic E-state index is 0.0896. The van der Waals surface area contributed by atoms with Crippen LogP contribution in [-0.2, 0) is 4.79 Å². The SMILES string of the molecule is CN(C(=O)C1CCC(F)(F)CC1)C1CC2CCC(C1)N2. The molecule has 0 spiro atoms. The zero-order chi connectivity index (χ0) is 14.3. The second-order valence-electron chi connectivity index (χ2n) is 6.84. The van der Waals surface area contributed by atoms with Gasteiger partial charge in [0.1, 0.15) is 0 Å². The van der Waals surface area contributed by atoms with E-state index >= 15 is 0 Å². The number of hydrogen-bond donors (Lipinski definition) is 1. The second-order valence-corrected chi connectivity index (χ2v) is 6.84. The Morgan fingerprint density at radius 3 is 2.20 bits per heavy atom. The molecule has 3 nitrogen and oxygen atoms in total. The molecule has 1 N–H and O–H groups in total. The van der Waals surface area contributed by atoms with Crippen LogP contribution in [0, 0.1) is 5.92 Å². The Kier molecular flexibility index (Phi) is 3.73. The maximum atomic E-state index is 13.2. The van der Waals surface area contributed by atoms with E-state index < -0.39 is 5.92 Å². The molecule has 20 heavy (non-hydrogen) atoms. The molecule has 2 bridgehead atoms. The largest absolute Gasteiger partial charge is 0.342 e. The molecule has 2 heterocycles. The third-order valence-electron chi connectivity index (χ3n) is 5.41. The lowest BCUT2D eigenvalue weighted by molar-refractivity contribution is -0.141. The van der Waals surface area contributed by atoms with Crippen molar-refractivity contribution in [3.63, 3.8) is 0 Å². The smallest absolute Gasteiger partial charge is 0.248 e. The van der Waals surface area contributed by atoms with Crippen LogP contribution in [0.2, 0.25) is 0 Å². The van der Waals surface area contributed by atoms with Gasteiger partial charge in [0.05, 0.1) is 0 Å². The third kappa shape index (κ3) is 2.83. The summed E-state index contributed by atoms with van der Waals surface area (Å²) in [6.45, 7) is 0. The third-order valence-corrected chi connectivity index (χ3v) is 5.41. The average Bonchev–Trinajstić information content (AvgIpc) is 2.76. The van der Waals surface area contributed by atoms with Crippen molar-refractivity contribution < 1.29 is 13.6 Å². The summed E-state index contributed by atoms with van der Waals surface area (Å²) in [7, 11) is 1.87. The molecule has 1 aliphatic carbocycles. The quantitative estimate of drug-likeness (QED) is 0.846. The van der Waals surface area contributed by atoms with Gasteiger partial charge in [-0.3, -0.25) is 4.79 Å². The van der Waals surface area contributed by atoms with E-state index in [1.807, 2.05) is 11.9 Å². The van der Waals surface area contributed by atoms with Crippen molar-refractivity contribution in [2.75, 3.05) is 7.05 Å². The van der Waals surface area contributed by atoms with E-state index in [-0.39, 0.29) is 24.7 Å². The van der Waals surface area contributed by atoms with E-state index in [2.05, 4.69) is 5.32 Å². The molecule has 0 aromatic heterocycles. The Morgan fingerprint density at radius 1 is 1.10 bits per heavy atom. The average molecular weight is 286 g/mol. The van der Waals surface area contributed by atoms with E-state index in [0.717, 1.165) is 12.8 Å². The lowest BCUT2D eigenvalue weighted by atomic mass is 9.85. The van der Waals surface area contributed by atoms with Crippen LogP contribution in [0.4, 0.5) is 8.78 Å². The summed E-state index contributed by atoms with van der Waals surface area (Å²) in [6, 6.07) is 1.39. The second kappa shape index (κ2) is 5.24. The van der Waals surface area contributed by atoms with Crippen LogP contribution in [0.5, 0.6) is 0 Å². The summed E-state index contributed by atoms with van der Waals surface area (Å²) in [4.78, 5) is 14.4. The highest BCUT2D eigenvalue weighted by atomic mass is 19.3. The fraction of sp³-hybridized carbons (Fsp3) is 0.933. The highest BCUT2D eigenvalue weighted by Crippen LogP contribution is 2.37. The zero-order valence-electron chi connectivity index (χ0n) is 12.1. The number of halogens is 2. The Balaban J connectivity index is 1.57. The van der Waals surface area contributed by atoms with E-state index in [0.29, 0.717) is 31.0 Å². The molecule has 5 heteroatoms. The van der Waals surface area contributed by atoms with Crippen molar-refractivity contribution in [3.05, 3.63) is 0 Å². The molecular weight excluding hydrogens is 262 g/mol. The summed E-state index contributed by atoms with van der Waals surface area (Å²) >= 11 is 0. The fourth-order valence-corrected chi connectivity index (χ4v) is 4.10. The van der Waals surface area contributed by atoms with Crippen LogP contribution in [0.3, 0.4) is 0 Å². The van der Waals surface area contributed by atoms with Gasteiger partial charge in [-0.25, -0.2) is 8.78 Å². The van der Waals surface area contributed by atoms with Gasteiger partial charge in [-0.05, 0) is 38.5 Å². The molecule has 1 amide bonds. The molecular formula is C15H24F2N2O. The zero-order valence-corrected chi connectivity index (χ0v) is 12.1. The Labute approximate surface area is 119 Å². The first-order chi connectivity index (χ1) is 9.44. The van der Waals surface area contributed by atoms with Crippen molar-refractivity contribution in [2.24, 2.45) is 5.92 Å². The van der Waals surface area contributed by atoms with Gasteiger partial charge < -0.3 is 10.2 Å². The van der Waals surface area contributed by atoms with Crippen molar-refractivity contribution in [2.45, 2.75) is 75.4 Å². The van der Waals surface area contributed by atoms with Gasteiger partial charge in [-0.15, -0.1) is 0 Å². The van der Waals surface area contributed by atoms with Crippen LogP contribution in [0.15, 0.2) is 0 Å².